The highest BCUT2D eigenvalue weighted by Crippen LogP contribution is 2.18. The Balaban J connectivity index is 4.62. The SMILES string of the molecule is CC/C=C/C=C/C=C\C=C/C=C/CCCC(CC(=O)NC(CO)C(O)CCCCCCCCCCCCCCCC)OC(=O)CCCCCCCCCCCCCCCCCC. The van der Waals surface area contributed by atoms with Gasteiger partial charge in [0.1, 0.15) is 6.10 Å². The minimum absolute atomic E-state index is 0.0299. The zero-order valence-corrected chi connectivity index (χ0v) is 41.0. The van der Waals surface area contributed by atoms with E-state index < -0.39 is 18.2 Å². The third-order valence-electron chi connectivity index (χ3n) is 12.0. The van der Waals surface area contributed by atoms with Crippen LogP contribution >= 0.6 is 0 Å². The molecule has 0 aliphatic heterocycles. The Kier molecular flexibility index (Phi) is 47.6. The van der Waals surface area contributed by atoms with E-state index >= 15 is 0 Å². The molecule has 0 aromatic rings. The first-order chi connectivity index (χ1) is 30.5. The van der Waals surface area contributed by atoms with Gasteiger partial charge in [-0.3, -0.25) is 9.59 Å². The second-order valence-corrected chi connectivity index (χ2v) is 18.0. The molecule has 0 saturated carbocycles. The van der Waals surface area contributed by atoms with Crippen molar-refractivity contribution in [3.05, 3.63) is 60.8 Å². The molecule has 6 nitrogen and oxygen atoms in total. The van der Waals surface area contributed by atoms with Gasteiger partial charge in [0.05, 0.1) is 25.2 Å². The van der Waals surface area contributed by atoms with Gasteiger partial charge in [0.25, 0.3) is 0 Å². The Morgan fingerprint density at radius 2 is 0.871 bits per heavy atom. The van der Waals surface area contributed by atoms with Crippen molar-refractivity contribution in [3.63, 3.8) is 0 Å². The molecule has 0 saturated heterocycles. The van der Waals surface area contributed by atoms with Gasteiger partial charge in [0.15, 0.2) is 0 Å². The van der Waals surface area contributed by atoms with Crippen LogP contribution in [-0.4, -0.2) is 46.9 Å². The molecule has 0 fully saturated rings. The van der Waals surface area contributed by atoms with E-state index in [2.05, 4.69) is 38.2 Å². The molecule has 0 aliphatic rings. The van der Waals surface area contributed by atoms with E-state index in [-0.39, 0.29) is 24.9 Å². The summed E-state index contributed by atoms with van der Waals surface area (Å²) < 4.78 is 5.90. The highest BCUT2D eigenvalue weighted by Gasteiger charge is 2.24. The minimum Gasteiger partial charge on any atom is -0.462 e. The van der Waals surface area contributed by atoms with Crippen molar-refractivity contribution in [3.8, 4) is 0 Å². The smallest absolute Gasteiger partial charge is 0.306 e. The number of nitrogens with one attached hydrogen (secondary N) is 1. The Morgan fingerprint density at radius 1 is 0.484 bits per heavy atom. The lowest BCUT2D eigenvalue weighted by atomic mass is 10.0. The molecule has 1 amide bonds. The summed E-state index contributed by atoms with van der Waals surface area (Å²) >= 11 is 0. The van der Waals surface area contributed by atoms with E-state index in [4.69, 9.17) is 4.74 Å². The van der Waals surface area contributed by atoms with Crippen LogP contribution in [0.3, 0.4) is 0 Å². The van der Waals surface area contributed by atoms with Gasteiger partial charge < -0.3 is 20.3 Å². The number of carbonyl (C=O) groups excluding carboxylic acids is 2. The number of allylic oxidation sites excluding steroid dienone is 10. The Morgan fingerprint density at radius 3 is 1.29 bits per heavy atom. The van der Waals surface area contributed by atoms with Gasteiger partial charge in [-0.15, -0.1) is 0 Å². The zero-order chi connectivity index (χ0) is 45.2. The molecule has 0 aromatic carbocycles. The van der Waals surface area contributed by atoms with Crippen LogP contribution in [-0.2, 0) is 14.3 Å². The second kappa shape index (κ2) is 49.6. The minimum atomic E-state index is -0.806. The summed E-state index contributed by atoms with van der Waals surface area (Å²) in [4.78, 5) is 26.1. The summed E-state index contributed by atoms with van der Waals surface area (Å²) in [6, 6.07) is -0.724. The van der Waals surface area contributed by atoms with Crippen LogP contribution in [0, 0.1) is 0 Å². The number of aliphatic hydroxyl groups excluding tert-OH is 2. The fourth-order valence-electron chi connectivity index (χ4n) is 7.99. The van der Waals surface area contributed by atoms with Gasteiger partial charge in [-0.05, 0) is 38.5 Å². The number of hydrogen-bond acceptors (Lipinski definition) is 5. The van der Waals surface area contributed by atoms with Crippen LogP contribution in [0.4, 0.5) is 0 Å². The van der Waals surface area contributed by atoms with Crippen molar-refractivity contribution in [2.75, 3.05) is 6.61 Å². The zero-order valence-electron chi connectivity index (χ0n) is 41.0. The number of carbonyl (C=O) groups is 2. The molecule has 0 rings (SSSR count). The average Bonchev–Trinajstić information content (AvgIpc) is 3.26. The predicted molar refractivity (Wildman–Crippen MR) is 268 cm³/mol. The Bertz CT molecular complexity index is 1110. The van der Waals surface area contributed by atoms with Crippen molar-refractivity contribution < 1.29 is 24.5 Å². The van der Waals surface area contributed by atoms with E-state index in [0.717, 1.165) is 57.8 Å². The molecule has 0 aromatic heterocycles. The Hall–Kier alpha value is -2.44. The van der Waals surface area contributed by atoms with Crippen LogP contribution < -0.4 is 5.32 Å². The van der Waals surface area contributed by atoms with Gasteiger partial charge in [0.2, 0.25) is 5.91 Å². The first kappa shape index (κ1) is 59.6. The third-order valence-corrected chi connectivity index (χ3v) is 12.0. The maximum absolute atomic E-state index is 13.2. The van der Waals surface area contributed by atoms with Crippen LogP contribution in [0.2, 0.25) is 0 Å². The maximum atomic E-state index is 13.2. The van der Waals surface area contributed by atoms with E-state index in [9.17, 15) is 19.8 Å². The number of amides is 1. The number of ether oxygens (including phenoxy) is 1. The van der Waals surface area contributed by atoms with E-state index in [1.54, 1.807) is 0 Å². The third kappa shape index (κ3) is 44.2. The molecular weight excluding hydrogens is 767 g/mol. The summed E-state index contributed by atoms with van der Waals surface area (Å²) in [6.45, 7) is 6.33. The molecule has 62 heavy (non-hydrogen) atoms. The van der Waals surface area contributed by atoms with E-state index in [1.807, 2.05) is 48.6 Å². The second-order valence-electron chi connectivity index (χ2n) is 18.0. The van der Waals surface area contributed by atoms with Gasteiger partial charge >= 0.3 is 5.97 Å². The van der Waals surface area contributed by atoms with Crippen molar-refractivity contribution >= 4 is 11.9 Å². The summed E-state index contributed by atoms with van der Waals surface area (Å²) in [6.07, 6.45) is 61.5. The number of aliphatic hydroxyl groups is 2. The van der Waals surface area contributed by atoms with Crippen LogP contribution in [0.5, 0.6) is 0 Å². The summed E-state index contributed by atoms with van der Waals surface area (Å²) in [7, 11) is 0. The molecule has 6 heteroatoms. The Labute approximate surface area is 384 Å². The molecule has 0 spiro atoms. The van der Waals surface area contributed by atoms with E-state index in [1.165, 1.54) is 154 Å². The standard InChI is InChI=1S/C56H101NO5/c1-4-7-10-13-16-19-22-25-27-28-31-34-37-40-43-46-49-56(61)62-52(47-44-41-38-35-32-29-24-21-18-15-12-9-6-3)50-55(60)57-53(51-58)54(59)48-45-42-39-36-33-30-26-23-20-17-14-11-8-5-2/h9,12,15,18,21,24,29,32,35,38,52-54,58-59H,4-8,10-11,13-14,16-17,19-20,22-23,25-28,30-31,33-34,36-37,39-51H2,1-3H3,(H,57,60)/b12-9+,18-15+,24-21-,32-29-,38-35+. The largest absolute Gasteiger partial charge is 0.462 e. The predicted octanol–water partition coefficient (Wildman–Crippen LogP) is 16.0. The van der Waals surface area contributed by atoms with Crippen molar-refractivity contribution in [2.24, 2.45) is 0 Å². The van der Waals surface area contributed by atoms with Crippen LogP contribution in [0.15, 0.2) is 60.8 Å². The van der Waals surface area contributed by atoms with Crippen LogP contribution in [0.25, 0.3) is 0 Å². The molecule has 0 aliphatic carbocycles. The highest BCUT2D eigenvalue weighted by molar-refractivity contribution is 5.77. The first-order valence-corrected chi connectivity index (χ1v) is 26.6. The molecule has 0 bridgehead atoms. The average molecular weight is 868 g/mol. The number of unbranched alkanes of at least 4 members (excludes halogenated alkanes) is 29. The first-order valence-electron chi connectivity index (χ1n) is 26.6. The number of hydrogen-bond donors (Lipinski definition) is 3. The molecular formula is C56H101NO5. The summed E-state index contributed by atoms with van der Waals surface area (Å²) in [5.74, 6) is -0.539. The molecule has 360 valence electrons. The van der Waals surface area contributed by atoms with Crippen molar-refractivity contribution in [2.45, 2.75) is 277 Å². The highest BCUT2D eigenvalue weighted by atomic mass is 16.5. The molecule has 3 unspecified atom stereocenters. The molecule has 3 N–H and O–H groups in total. The number of esters is 1. The molecule has 0 heterocycles. The van der Waals surface area contributed by atoms with Crippen LogP contribution in [0.1, 0.15) is 258 Å². The van der Waals surface area contributed by atoms with Gasteiger partial charge in [-0.25, -0.2) is 0 Å². The van der Waals surface area contributed by atoms with Gasteiger partial charge in [0, 0.05) is 6.42 Å². The fourth-order valence-corrected chi connectivity index (χ4v) is 7.99. The van der Waals surface area contributed by atoms with E-state index in [0.29, 0.717) is 19.3 Å². The fraction of sp³-hybridized carbons (Fsp3) is 0.786. The quantitative estimate of drug-likeness (QED) is 0.0322. The number of rotatable bonds is 47. The van der Waals surface area contributed by atoms with Crippen molar-refractivity contribution in [1.29, 1.82) is 0 Å². The van der Waals surface area contributed by atoms with Crippen molar-refractivity contribution in [1.82, 2.24) is 5.32 Å². The maximum Gasteiger partial charge on any atom is 0.306 e. The molecule has 3 atom stereocenters. The van der Waals surface area contributed by atoms with Gasteiger partial charge in [-0.1, -0.05) is 268 Å². The topological polar surface area (TPSA) is 95.9 Å². The summed E-state index contributed by atoms with van der Waals surface area (Å²) in [5.41, 5.74) is 0. The lowest BCUT2D eigenvalue weighted by Crippen LogP contribution is -2.46. The monoisotopic (exact) mass is 868 g/mol. The normalized spacial score (nSPS) is 13.7. The lowest BCUT2D eigenvalue weighted by Gasteiger charge is -2.24. The summed E-state index contributed by atoms with van der Waals surface area (Å²) in [5, 5.41) is 23.8. The lowest BCUT2D eigenvalue weighted by molar-refractivity contribution is -0.151. The molecule has 0 radical (unpaired) electrons. The van der Waals surface area contributed by atoms with Gasteiger partial charge in [-0.2, -0.15) is 0 Å².